The van der Waals surface area contributed by atoms with Crippen LogP contribution in [0.15, 0.2) is 72.0 Å². The number of aliphatic imine (C=N–C) groups is 1. The van der Waals surface area contributed by atoms with Gasteiger partial charge in [-0.15, -0.1) is 0 Å². The van der Waals surface area contributed by atoms with Crippen molar-refractivity contribution in [3.8, 4) is 17.2 Å². The molecule has 0 aromatic heterocycles. The minimum absolute atomic E-state index is 0.0306. The fraction of sp³-hybridized carbons (Fsp3) is 0.269. The fourth-order valence-electron chi connectivity index (χ4n) is 3.60. The molecule has 4 N–H and O–H groups in total. The molecule has 1 aliphatic rings. The van der Waals surface area contributed by atoms with Gasteiger partial charge in [0.05, 0.1) is 19.3 Å². The summed E-state index contributed by atoms with van der Waals surface area (Å²) in [5.41, 5.74) is 3.91. The Kier molecular flexibility index (Phi) is 9.13. The van der Waals surface area contributed by atoms with E-state index in [2.05, 4.69) is 22.2 Å². The summed E-state index contributed by atoms with van der Waals surface area (Å²) in [6.07, 6.45) is -0.867. The third kappa shape index (κ3) is 6.91. The third-order valence-electron chi connectivity index (χ3n) is 5.67. The Labute approximate surface area is 217 Å². The molecule has 38 heavy (non-hydrogen) atoms. The second kappa shape index (κ2) is 12.3. The number of benzene rings is 2. The summed E-state index contributed by atoms with van der Waals surface area (Å²) in [6, 6.07) is 9.58. The zero-order chi connectivity index (χ0) is 27.8. The first-order chi connectivity index (χ1) is 18.1. The highest BCUT2D eigenvalue weighted by Gasteiger charge is 2.44. The lowest BCUT2D eigenvalue weighted by molar-refractivity contribution is -0.138. The van der Waals surface area contributed by atoms with Gasteiger partial charge in [0, 0.05) is 38.2 Å². The summed E-state index contributed by atoms with van der Waals surface area (Å²) in [5.74, 6) is -1.21. The smallest absolute Gasteiger partial charge is 0.420 e. The maximum atomic E-state index is 13.4. The summed E-state index contributed by atoms with van der Waals surface area (Å²) in [6.45, 7) is 3.76. The molecule has 2 amide bonds. The van der Waals surface area contributed by atoms with Crippen molar-refractivity contribution in [2.45, 2.75) is 24.7 Å². The molecule has 0 radical (unpaired) electrons. The molecular formula is C26H27F3N4O5. The maximum Gasteiger partial charge on any atom is 0.420 e. The number of nitrogens with two attached hydrogens (primary N) is 1. The normalized spacial score (nSPS) is 17.7. The Morgan fingerprint density at radius 3 is 2.50 bits per heavy atom. The van der Waals surface area contributed by atoms with Crippen LogP contribution in [0.2, 0.25) is 0 Å². The van der Waals surface area contributed by atoms with Crippen LogP contribution in [0.3, 0.4) is 0 Å². The number of alkyl halides is 3. The Balaban J connectivity index is 1.66. The maximum absolute atomic E-state index is 13.4. The van der Waals surface area contributed by atoms with Gasteiger partial charge in [0.1, 0.15) is 28.4 Å². The van der Waals surface area contributed by atoms with Crippen molar-refractivity contribution >= 4 is 18.0 Å². The van der Waals surface area contributed by atoms with E-state index in [1.54, 1.807) is 12.1 Å². The van der Waals surface area contributed by atoms with Gasteiger partial charge in [-0.3, -0.25) is 14.6 Å². The first-order valence-corrected chi connectivity index (χ1v) is 11.4. The van der Waals surface area contributed by atoms with Crippen LogP contribution >= 0.6 is 0 Å². The first kappa shape index (κ1) is 28.3. The molecule has 2 aromatic rings. The quantitative estimate of drug-likeness (QED) is 0.318. The van der Waals surface area contributed by atoms with Gasteiger partial charge in [-0.1, -0.05) is 18.7 Å². The van der Waals surface area contributed by atoms with Gasteiger partial charge >= 0.3 is 6.18 Å². The molecular weight excluding hydrogens is 505 g/mol. The number of nitrogens with zero attached hydrogens (tertiary/aromatic N) is 1. The minimum Gasteiger partial charge on any atom is -0.497 e. The number of hydrogen-bond acceptors (Lipinski definition) is 7. The van der Waals surface area contributed by atoms with Gasteiger partial charge in [-0.05, 0) is 35.9 Å². The molecule has 1 heterocycles. The molecule has 2 aromatic carbocycles. The average molecular weight is 533 g/mol. The number of rotatable bonds is 10. The fourth-order valence-corrected chi connectivity index (χ4v) is 3.60. The van der Waals surface area contributed by atoms with Crippen molar-refractivity contribution in [2.75, 3.05) is 20.3 Å². The standard InChI is InChI=1S/C26H27F3N4O5/c1-3-31-15-18(13-30)23(34)33-25(10-11-37-16-25)24(35)32-14-17-4-6-19(7-5-17)38-22-9-8-20(36-2)12-21(22)26(27,28)29/h3-9,12-13,15H,1,10-11,14,16,30H2,2H3,(H,32,35)(H,33,34)/b18-13+,31-15?/t25-/m0/s1. The molecule has 0 spiro atoms. The number of carbonyl (C=O) groups is 2. The number of methoxy groups -OCH3 is 1. The van der Waals surface area contributed by atoms with E-state index < -0.39 is 29.1 Å². The zero-order valence-corrected chi connectivity index (χ0v) is 20.5. The lowest BCUT2D eigenvalue weighted by Crippen LogP contribution is -2.59. The van der Waals surface area contributed by atoms with E-state index in [-0.39, 0.29) is 49.0 Å². The molecule has 1 aliphatic heterocycles. The van der Waals surface area contributed by atoms with Crippen molar-refractivity contribution in [1.82, 2.24) is 10.6 Å². The van der Waals surface area contributed by atoms with Crippen LogP contribution in [0.5, 0.6) is 17.2 Å². The van der Waals surface area contributed by atoms with Crippen LogP contribution in [0.1, 0.15) is 17.5 Å². The van der Waals surface area contributed by atoms with E-state index in [4.69, 9.17) is 19.9 Å². The molecule has 1 fully saturated rings. The summed E-state index contributed by atoms with van der Waals surface area (Å²) in [5, 5.41) is 5.44. The highest BCUT2D eigenvalue weighted by molar-refractivity contribution is 6.13. The van der Waals surface area contributed by atoms with Crippen LogP contribution in [0.25, 0.3) is 0 Å². The summed E-state index contributed by atoms with van der Waals surface area (Å²) >= 11 is 0. The van der Waals surface area contributed by atoms with Crippen molar-refractivity contribution in [3.05, 3.63) is 78.1 Å². The molecule has 0 bridgehead atoms. The van der Waals surface area contributed by atoms with Crippen molar-refractivity contribution in [2.24, 2.45) is 10.7 Å². The predicted molar refractivity (Wildman–Crippen MR) is 134 cm³/mol. The number of halogens is 3. The molecule has 1 atom stereocenters. The topological polar surface area (TPSA) is 124 Å². The lowest BCUT2D eigenvalue weighted by atomic mass is 9.96. The molecule has 0 aliphatic carbocycles. The number of nitrogens with one attached hydrogen (secondary N) is 2. The minimum atomic E-state index is -4.64. The van der Waals surface area contributed by atoms with Crippen molar-refractivity contribution in [1.29, 1.82) is 0 Å². The van der Waals surface area contributed by atoms with E-state index in [0.717, 1.165) is 12.3 Å². The van der Waals surface area contributed by atoms with Gasteiger partial charge in [0.15, 0.2) is 0 Å². The van der Waals surface area contributed by atoms with Gasteiger partial charge in [-0.25, -0.2) is 0 Å². The van der Waals surface area contributed by atoms with Crippen LogP contribution in [0.4, 0.5) is 13.2 Å². The van der Waals surface area contributed by atoms with Crippen LogP contribution < -0.4 is 25.8 Å². The Morgan fingerprint density at radius 2 is 1.92 bits per heavy atom. The van der Waals surface area contributed by atoms with Crippen LogP contribution in [0, 0.1) is 0 Å². The van der Waals surface area contributed by atoms with E-state index in [1.165, 1.54) is 43.8 Å². The highest BCUT2D eigenvalue weighted by atomic mass is 19.4. The first-order valence-electron chi connectivity index (χ1n) is 11.4. The predicted octanol–water partition coefficient (Wildman–Crippen LogP) is 3.45. The summed E-state index contributed by atoms with van der Waals surface area (Å²) in [4.78, 5) is 29.4. The molecule has 1 saturated heterocycles. The molecule has 12 heteroatoms. The molecule has 0 unspecified atom stereocenters. The molecule has 9 nitrogen and oxygen atoms in total. The van der Waals surface area contributed by atoms with Crippen LogP contribution in [-0.2, 0) is 27.0 Å². The Bertz CT molecular complexity index is 1220. The zero-order valence-electron chi connectivity index (χ0n) is 20.5. The van der Waals surface area contributed by atoms with Gasteiger partial charge in [-0.2, -0.15) is 13.2 Å². The van der Waals surface area contributed by atoms with Crippen molar-refractivity contribution in [3.63, 3.8) is 0 Å². The largest absolute Gasteiger partial charge is 0.497 e. The number of ether oxygens (including phenoxy) is 3. The number of amides is 2. The SMILES string of the molecule is C=CN=C/C(=C\N)C(=O)N[C@@]1(C(=O)NCc2ccc(Oc3ccc(OC)cc3C(F)(F)F)cc2)CCOC1. The Morgan fingerprint density at radius 1 is 1.21 bits per heavy atom. The third-order valence-corrected chi connectivity index (χ3v) is 5.67. The summed E-state index contributed by atoms with van der Waals surface area (Å²) in [7, 11) is 1.27. The van der Waals surface area contributed by atoms with E-state index in [9.17, 15) is 22.8 Å². The second-order valence-corrected chi connectivity index (χ2v) is 8.21. The highest BCUT2D eigenvalue weighted by Crippen LogP contribution is 2.40. The molecule has 202 valence electrons. The van der Waals surface area contributed by atoms with E-state index >= 15 is 0 Å². The monoisotopic (exact) mass is 532 g/mol. The van der Waals surface area contributed by atoms with Gasteiger partial charge in [0.25, 0.3) is 5.91 Å². The Hall–Kier alpha value is -4.32. The van der Waals surface area contributed by atoms with Gasteiger partial charge < -0.3 is 30.6 Å². The summed E-state index contributed by atoms with van der Waals surface area (Å²) < 4.78 is 56.0. The van der Waals surface area contributed by atoms with E-state index in [1.807, 2.05) is 0 Å². The van der Waals surface area contributed by atoms with Crippen LogP contribution in [-0.4, -0.2) is 43.9 Å². The number of hydrogen-bond donors (Lipinski definition) is 3. The number of carbonyl (C=O) groups excluding carboxylic acids is 2. The average Bonchev–Trinajstić information content (AvgIpc) is 3.37. The second-order valence-electron chi connectivity index (χ2n) is 8.21. The van der Waals surface area contributed by atoms with Gasteiger partial charge in [0.2, 0.25) is 5.91 Å². The lowest BCUT2D eigenvalue weighted by Gasteiger charge is -2.27. The van der Waals surface area contributed by atoms with Crippen molar-refractivity contribution < 1.29 is 37.0 Å². The van der Waals surface area contributed by atoms with E-state index in [0.29, 0.717) is 5.56 Å². The molecule has 0 saturated carbocycles. The molecule has 3 rings (SSSR count).